The number of hydrogen-bond donors (Lipinski definition) is 12. The number of nitrogens with one attached hydrogen (secondary N) is 7. The third-order valence-corrected chi connectivity index (χ3v) is 10.1. The molecule has 372 valence electrons. The molecule has 0 aromatic heterocycles. The summed E-state index contributed by atoms with van der Waals surface area (Å²) in [5, 5.41) is 35.2. The number of aliphatic carboxylic acids is 2. The number of carbonyl (C=O) groups is 9. The van der Waals surface area contributed by atoms with Gasteiger partial charge in [-0.25, -0.2) is 4.79 Å². The van der Waals surface area contributed by atoms with Crippen LogP contribution >= 0.6 is 0 Å². The third-order valence-electron chi connectivity index (χ3n) is 10.1. The van der Waals surface area contributed by atoms with Gasteiger partial charge in [0, 0.05) is 19.8 Å². The van der Waals surface area contributed by atoms with Crippen LogP contribution in [0, 0.1) is 11.8 Å². The van der Waals surface area contributed by atoms with Gasteiger partial charge in [-0.3, -0.25) is 38.4 Å². The topological polar surface area (TPSA) is 356 Å². The predicted octanol–water partition coefficient (Wildman–Crippen LogP) is -0.799. The van der Waals surface area contributed by atoms with E-state index in [-0.39, 0.29) is 31.6 Å². The Morgan fingerprint density at radius 1 is 0.507 bits per heavy atom. The molecule has 6 unspecified atom stereocenters. The fourth-order valence-electron chi connectivity index (χ4n) is 6.32. The van der Waals surface area contributed by atoms with Crippen LogP contribution in [0.4, 0.5) is 0 Å². The quantitative estimate of drug-likeness (QED) is 0.0445. The van der Waals surface area contributed by atoms with Crippen LogP contribution in [-0.2, 0) is 56.0 Å². The monoisotopic (exact) mass is 941 g/mol. The molecule has 67 heavy (non-hydrogen) atoms. The van der Waals surface area contributed by atoms with Gasteiger partial charge in [0.2, 0.25) is 41.4 Å². The van der Waals surface area contributed by atoms with Crippen molar-refractivity contribution in [3.05, 3.63) is 71.8 Å². The molecule has 2 rings (SSSR count). The zero-order chi connectivity index (χ0) is 50.5. The average molecular weight is 941 g/mol. The highest BCUT2D eigenvalue weighted by Crippen LogP contribution is 2.10. The van der Waals surface area contributed by atoms with Gasteiger partial charge in [0.05, 0.1) is 19.1 Å². The molecule has 0 radical (unpaired) electrons. The van der Waals surface area contributed by atoms with Crippen molar-refractivity contribution in [3.63, 3.8) is 0 Å². The van der Waals surface area contributed by atoms with Crippen LogP contribution in [-0.4, -0.2) is 126 Å². The maximum atomic E-state index is 13.6. The van der Waals surface area contributed by atoms with Gasteiger partial charge in [-0.2, -0.15) is 0 Å². The first kappa shape index (κ1) is 58.6. The third kappa shape index (κ3) is 24.6. The Morgan fingerprint density at radius 3 is 1.36 bits per heavy atom. The molecule has 0 bridgehead atoms. The Morgan fingerprint density at radius 2 is 0.910 bits per heavy atom. The summed E-state index contributed by atoms with van der Waals surface area (Å²) >= 11 is 0. The lowest BCUT2D eigenvalue weighted by Crippen LogP contribution is -2.58. The largest absolute Gasteiger partial charge is 0.481 e. The molecule has 0 heterocycles. The van der Waals surface area contributed by atoms with E-state index in [2.05, 4.69) is 37.2 Å². The highest BCUT2D eigenvalue weighted by molar-refractivity contribution is 5.96. The first-order valence-corrected chi connectivity index (χ1v) is 22.4. The van der Waals surface area contributed by atoms with Gasteiger partial charge in [0.1, 0.15) is 30.2 Å². The lowest BCUT2D eigenvalue weighted by Gasteiger charge is -2.25. The highest BCUT2D eigenvalue weighted by atomic mass is 16.4. The smallest absolute Gasteiger partial charge is 0.326 e. The number of carboxylic acid groups (broad SMARTS) is 2. The van der Waals surface area contributed by atoms with Crippen molar-refractivity contribution >= 4 is 53.3 Å². The number of nitrogens with two attached hydrogens (primary N) is 3. The number of amides is 7. The van der Waals surface area contributed by atoms with Crippen LogP contribution in [0.3, 0.4) is 0 Å². The second kappa shape index (κ2) is 32.3. The van der Waals surface area contributed by atoms with Crippen molar-refractivity contribution in [2.75, 3.05) is 26.2 Å². The van der Waals surface area contributed by atoms with Crippen LogP contribution in [0.15, 0.2) is 60.7 Å². The van der Waals surface area contributed by atoms with Gasteiger partial charge in [-0.15, -0.1) is 0 Å². The van der Waals surface area contributed by atoms with Gasteiger partial charge >= 0.3 is 5.97 Å². The second-order valence-corrected chi connectivity index (χ2v) is 16.6. The molecule has 2 aromatic rings. The first-order valence-electron chi connectivity index (χ1n) is 22.4. The Labute approximate surface area is 392 Å². The number of carbonyl (C=O) groups excluding carboxylic acids is 7. The molecule has 21 nitrogen and oxygen atoms in total. The normalized spacial score (nSPS) is 13.5. The fraction of sp³-hybridized carbons (Fsp3) is 0.543. The van der Waals surface area contributed by atoms with Crippen LogP contribution in [0.25, 0.3) is 0 Å². The molecule has 21 heteroatoms. The van der Waals surface area contributed by atoms with Crippen molar-refractivity contribution in [2.24, 2.45) is 29.0 Å². The van der Waals surface area contributed by atoms with Gasteiger partial charge in [-0.1, -0.05) is 88.4 Å². The minimum atomic E-state index is -1.23. The number of benzene rings is 2. The molecule has 15 N–H and O–H groups in total. The molecule has 0 fully saturated rings. The molecule has 6 atom stereocenters. The van der Waals surface area contributed by atoms with E-state index in [1.165, 1.54) is 0 Å². The maximum absolute atomic E-state index is 13.6. The maximum Gasteiger partial charge on any atom is 0.326 e. The number of unbranched alkanes of at least 4 members (excludes halogenated alkanes) is 2. The van der Waals surface area contributed by atoms with E-state index < -0.39 is 109 Å². The Bertz CT molecular complexity index is 1880. The number of hydrogen-bond acceptors (Lipinski definition) is 12. The Balaban J connectivity index is 0.00000538. The van der Waals surface area contributed by atoms with Crippen molar-refractivity contribution in [2.45, 2.75) is 122 Å². The lowest BCUT2D eigenvalue weighted by molar-refractivity contribution is -0.142. The Hall–Kier alpha value is -6.45. The van der Waals surface area contributed by atoms with Gasteiger partial charge in [0.25, 0.3) is 5.97 Å². The Kier molecular flexibility index (Phi) is 28.2. The summed E-state index contributed by atoms with van der Waals surface area (Å²) in [6.07, 6.45) is 2.63. The predicted molar refractivity (Wildman–Crippen MR) is 250 cm³/mol. The minimum absolute atomic E-state index is 0.0344. The van der Waals surface area contributed by atoms with Gasteiger partial charge in [-0.05, 0) is 74.6 Å². The molecule has 0 aliphatic rings. The molecule has 0 saturated carbocycles. The van der Waals surface area contributed by atoms with Crippen LogP contribution in [0.2, 0.25) is 0 Å². The lowest BCUT2D eigenvalue weighted by atomic mass is 10.0. The van der Waals surface area contributed by atoms with Crippen molar-refractivity contribution in [3.8, 4) is 0 Å². The molecule has 0 aliphatic heterocycles. The van der Waals surface area contributed by atoms with Crippen molar-refractivity contribution in [1.29, 1.82) is 0 Å². The summed E-state index contributed by atoms with van der Waals surface area (Å²) in [4.78, 5) is 114. The zero-order valence-corrected chi connectivity index (χ0v) is 39.2. The van der Waals surface area contributed by atoms with E-state index in [0.717, 1.165) is 6.92 Å². The number of carboxylic acids is 2. The molecule has 7 amide bonds. The molecule has 0 saturated heterocycles. The molecular formula is C46H72N10O11. The molecule has 0 aliphatic carbocycles. The molecule has 2 aromatic carbocycles. The van der Waals surface area contributed by atoms with E-state index in [9.17, 15) is 43.5 Å². The summed E-state index contributed by atoms with van der Waals surface area (Å²) in [7, 11) is 0. The summed E-state index contributed by atoms with van der Waals surface area (Å²) in [5.74, 6) is -7.49. The summed E-state index contributed by atoms with van der Waals surface area (Å²) in [6, 6.07) is 11.1. The van der Waals surface area contributed by atoms with E-state index in [1.807, 2.05) is 0 Å². The fourth-order valence-corrected chi connectivity index (χ4v) is 6.32. The van der Waals surface area contributed by atoms with E-state index in [0.29, 0.717) is 49.9 Å². The van der Waals surface area contributed by atoms with E-state index in [1.54, 1.807) is 88.4 Å². The minimum Gasteiger partial charge on any atom is -0.481 e. The molecular weight excluding hydrogens is 869 g/mol. The SMILES string of the molecule is CC(=O)O.CC(C)C(N)C(=O)NC(CCCCN)C(=O)NC(Cc1ccccc1)C(=O)NCC(=O)NC(C(=O)NCC(=O)NC(Cc1ccccc1)C(=O)NC(CCCCN)C(=O)O)C(C)C. The van der Waals surface area contributed by atoms with Crippen LogP contribution < -0.4 is 54.4 Å². The standard InChI is InChI=1S/C44H68N10O9.C2H4O2/c1-27(2)37(47)42(60)51-31(19-11-13-21-45)40(58)53-33(23-29-15-7-5-8-16-29)39(57)48-26-36(56)54-38(28(3)4)43(61)49-25-35(55)50-34(24-30-17-9-6-10-18-30)41(59)52-32(44(62)63)20-12-14-22-46;1-2(3)4/h5-10,15-18,27-28,31-34,37-38H,11-14,19-26,45-47H2,1-4H3,(H,48,57)(H,49,61)(H,50,55)(H,51,60)(H,52,59)(H,53,58)(H,54,56)(H,62,63);1H3,(H,3,4). The van der Waals surface area contributed by atoms with E-state index in [4.69, 9.17) is 27.1 Å². The van der Waals surface area contributed by atoms with E-state index >= 15 is 0 Å². The summed E-state index contributed by atoms with van der Waals surface area (Å²) in [6.45, 7) is 7.57. The number of rotatable bonds is 29. The zero-order valence-electron chi connectivity index (χ0n) is 39.2. The van der Waals surface area contributed by atoms with Crippen molar-refractivity contribution < 1.29 is 53.4 Å². The van der Waals surface area contributed by atoms with Crippen molar-refractivity contribution in [1.82, 2.24) is 37.2 Å². The summed E-state index contributed by atoms with van der Waals surface area (Å²) in [5.41, 5.74) is 18.6. The second-order valence-electron chi connectivity index (χ2n) is 16.6. The van der Waals surface area contributed by atoms with Crippen LogP contribution in [0.1, 0.15) is 84.3 Å². The van der Waals surface area contributed by atoms with Gasteiger partial charge in [0.15, 0.2) is 0 Å². The van der Waals surface area contributed by atoms with Gasteiger partial charge < -0.3 is 64.6 Å². The summed E-state index contributed by atoms with van der Waals surface area (Å²) < 4.78 is 0. The first-order chi connectivity index (χ1) is 31.7. The van der Waals surface area contributed by atoms with Crippen LogP contribution in [0.5, 0.6) is 0 Å². The highest BCUT2D eigenvalue weighted by Gasteiger charge is 2.31. The molecule has 0 spiro atoms. The average Bonchev–Trinajstić information content (AvgIpc) is 3.28.